The van der Waals surface area contributed by atoms with E-state index in [4.69, 9.17) is 14.0 Å². The van der Waals surface area contributed by atoms with Gasteiger partial charge < -0.3 is 14.0 Å². The summed E-state index contributed by atoms with van der Waals surface area (Å²) in [4.78, 5) is 0. The van der Waals surface area contributed by atoms with E-state index >= 15 is 0 Å². The van der Waals surface area contributed by atoms with Gasteiger partial charge in [-0.1, -0.05) is 49.7 Å². The fourth-order valence-electron chi connectivity index (χ4n) is 2.89. The average Bonchev–Trinajstić information content (AvgIpc) is 2.84. The van der Waals surface area contributed by atoms with Crippen LogP contribution in [0, 0.1) is 0 Å². The van der Waals surface area contributed by atoms with E-state index in [-0.39, 0.29) is 18.3 Å². The molecular weight excluding hydrogens is 323 g/mol. The van der Waals surface area contributed by atoms with Gasteiger partial charge in [0.2, 0.25) is 0 Å². The van der Waals surface area contributed by atoms with E-state index in [1.165, 1.54) is 11.1 Å². The van der Waals surface area contributed by atoms with Crippen molar-refractivity contribution in [2.45, 2.75) is 58.7 Å². The maximum Gasteiger partial charge on any atom is 0.494 e. The van der Waals surface area contributed by atoms with Gasteiger partial charge in [0, 0.05) is 0 Å². The minimum atomic E-state index is -0.316. The smallest absolute Gasteiger partial charge is 0.494 e. The molecule has 1 heterocycles. The molecule has 1 fully saturated rings. The van der Waals surface area contributed by atoms with Crippen molar-refractivity contribution in [3.05, 3.63) is 48.5 Å². The van der Waals surface area contributed by atoms with Gasteiger partial charge in [-0.25, -0.2) is 0 Å². The number of benzene rings is 2. The molecule has 2 aromatic carbocycles. The molecule has 26 heavy (non-hydrogen) atoms. The lowest BCUT2D eigenvalue weighted by Crippen LogP contribution is -2.41. The van der Waals surface area contributed by atoms with Crippen LogP contribution in [0.4, 0.5) is 0 Å². The Morgan fingerprint density at radius 2 is 1.31 bits per heavy atom. The molecule has 2 aromatic rings. The second kappa shape index (κ2) is 7.46. The molecule has 1 aliphatic heterocycles. The van der Waals surface area contributed by atoms with Crippen LogP contribution >= 0.6 is 0 Å². The van der Waals surface area contributed by atoms with Crippen molar-refractivity contribution in [2.75, 3.05) is 6.61 Å². The summed E-state index contributed by atoms with van der Waals surface area (Å²) in [7, 11) is -0.316. The lowest BCUT2D eigenvalue weighted by atomic mass is 9.78. The third-order valence-corrected chi connectivity index (χ3v) is 5.39. The van der Waals surface area contributed by atoms with Crippen LogP contribution in [0.5, 0.6) is 5.75 Å². The highest BCUT2D eigenvalue weighted by Crippen LogP contribution is 2.36. The lowest BCUT2D eigenvalue weighted by Gasteiger charge is -2.32. The van der Waals surface area contributed by atoms with Crippen LogP contribution in [-0.4, -0.2) is 24.9 Å². The van der Waals surface area contributed by atoms with E-state index in [9.17, 15) is 0 Å². The highest BCUT2D eigenvalue weighted by molar-refractivity contribution is 6.62. The SMILES string of the molecule is CCCCOc1ccc(-c2ccc(B3OC(C)(C)C(C)(C)O3)cc2)cc1. The molecule has 0 saturated carbocycles. The lowest BCUT2D eigenvalue weighted by molar-refractivity contribution is 0.00578. The summed E-state index contributed by atoms with van der Waals surface area (Å²) >= 11 is 0. The maximum atomic E-state index is 6.12. The molecule has 138 valence electrons. The predicted molar refractivity (Wildman–Crippen MR) is 108 cm³/mol. The third kappa shape index (κ3) is 3.97. The first-order chi connectivity index (χ1) is 12.3. The maximum absolute atomic E-state index is 6.12. The molecular formula is C22H29BO3. The van der Waals surface area contributed by atoms with E-state index in [2.05, 4.69) is 71.0 Å². The number of hydrogen-bond acceptors (Lipinski definition) is 3. The van der Waals surface area contributed by atoms with Crippen molar-refractivity contribution >= 4 is 12.6 Å². The molecule has 0 bridgehead atoms. The van der Waals surface area contributed by atoms with E-state index < -0.39 is 0 Å². The minimum Gasteiger partial charge on any atom is -0.494 e. The van der Waals surface area contributed by atoms with Crippen LogP contribution in [0.1, 0.15) is 47.5 Å². The van der Waals surface area contributed by atoms with Gasteiger partial charge in [0.05, 0.1) is 17.8 Å². The first-order valence-corrected chi connectivity index (χ1v) is 9.51. The molecule has 0 unspecified atom stereocenters. The van der Waals surface area contributed by atoms with Gasteiger partial charge in [-0.15, -0.1) is 0 Å². The highest BCUT2D eigenvalue weighted by atomic mass is 16.7. The van der Waals surface area contributed by atoms with Crippen LogP contribution in [0.25, 0.3) is 11.1 Å². The Bertz CT molecular complexity index is 704. The summed E-state index contributed by atoms with van der Waals surface area (Å²) in [5.41, 5.74) is 2.76. The monoisotopic (exact) mass is 352 g/mol. The van der Waals surface area contributed by atoms with Gasteiger partial charge in [-0.3, -0.25) is 0 Å². The molecule has 0 amide bonds. The van der Waals surface area contributed by atoms with E-state index in [1.54, 1.807) is 0 Å². The van der Waals surface area contributed by atoms with Crippen LogP contribution in [0.3, 0.4) is 0 Å². The van der Waals surface area contributed by atoms with Crippen molar-refractivity contribution < 1.29 is 14.0 Å². The van der Waals surface area contributed by atoms with Crippen molar-refractivity contribution in [1.82, 2.24) is 0 Å². The molecule has 0 aromatic heterocycles. The molecule has 0 atom stereocenters. The Balaban J connectivity index is 1.68. The first kappa shape index (κ1) is 19.0. The fourth-order valence-corrected chi connectivity index (χ4v) is 2.89. The summed E-state index contributed by atoms with van der Waals surface area (Å²) in [6.07, 6.45) is 2.23. The molecule has 3 nitrogen and oxygen atoms in total. The topological polar surface area (TPSA) is 27.7 Å². The number of hydrogen-bond donors (Lipinski definition) is 0. The molecule has 1 saturated heterocycles. The summed E-state index contributed by atoms with van der Waals surface area (Å²) in [6, 6.07) is 16.7. The van der Waals surface area contributed by atoms with Crippen LogP contribution < -0.4 is 10.2 Å². The molecule has 0 aliphatic carbocycles. The Labute approximate surface area is 157 Å². The van der Waals surface area contributed by atoms with Gasteiger partial charge in [0.25, 0.3) is 0 Å². The zero-order chi connectivity index (χ0) is 18.8. The van der Waals surface area contributed by atoms with Gasteiger partial charge in [0.1, 0.15) is 5.75 Å². The van der Waals surface area contributed by atoms with Crippen molar-refractivity contribution in [3.63, 3.8) is 0 Å². The minimum absolute atomic E-state index is 0.316. The second-order valence-corrected chi connectivity index (χ2v) is 7.94. The van der Waals surface area contributed by atoms with Crippen LogP contribution in [0.2, 0.25) is 0 Å². The molecule has 1 aliphatic rings. The normalized spacial score (nSPS) is 18.1. The summed E-state index contributed by atoms with van der Waals surface area (Å²) in [5, 5.41) is 0. The van der Waals surface area contributed by atoms with Gasteiger partial charge >= 0.3 is 7.12 Å². The summed E-state index contributed by atoms with van der Waals surface area (Å²) < 4.78 is 18.0. The molecule has 4 heteroatoms. The third-order valence-electron chi connectivity index (χ3n) is 5.39. The van der Waals surface area contributed by atoms with Gasteiger partial charge in [-0.2, -0.15) is 0 Å². The molecule has 0 N–H and O–H groups in total. The summed E-state index contributed by atoms with van der Waals surface area (Å²) in [5.74, 6) is 0.927. The van der Waals surface area contributed by atoms with Crippen LogP contribution in [-0.2, 0) is 9.31 Å². The Kier molecular flexibility index (Phi) is 5.45. The zero-order valence-corrected chi connectivity index (χ0v) is 16.5. The van der Waals surface area contributed by atoms with E-state index in [1.807, 2.05) is 12.1 Å². The zero-order valence-electron chi connectivity index (χ0n) is 16.5. The van der Waals surface area contributed by atoms with E-state index in [0.29, 0.717) is 0 Å². The molecule has 0 radical (unpaired) electrons. The first-order valence-electron chi connectivity index (χ1n) is 9.51. The predicted octanol–water partition coefficient (Wildman–Crippen LogP) is 4.83. The Morgan fingerprint density at radius 3 is 1.81 bits per heavy atom. The van der Waals surface area contributed by atoms with Gasteiger partial charge in [-0.05, 0) is 62.8 Å². The van der Waals surface area contributed by atoms with Crippen molar-refractivity contribution in [3.8, 4) is 16.9 Å². The van der Waals surface area contributed by atoms with E-state index in [0.717, 1.165) is 30.7 Å². The Hall–Kier alpha value is -1.78. The standard InChI is InChI=1S/C22H29BO3/c1-6-7-16-24-20-14-10-18(11-15-20)17-8-12-19(13-9-17)23-25-21(2,3)22(4,5)26-23/h8-15H,6-7,16H2,1-5H3. The quantitative estimate of drug-likeness (QED) is 0.550. The number of ether oxygens (including phenoxy) is 1. The van der Waals surface area contributed by atoms with Gasteiger partial charge in [0.15, 0.2) is 0 Å². The Morgan fingerprint density at radius 1 is 0.808 bits per heavy atom. The second-order valence-electron chi connectivity index (χ2n) is 7.94. The molecule has 3 rings (SSSR count). The highest BCUT2D eigenvalue weighted by Gasteiger charge is 2.51. The number of unbranched alkanes of at least 4 members (excludes halogenated alkanes) is 1. The van der Waals surface area contributed by atoms with Crippen molar-refractivity contribution in [2.24, 2.45) is 0 Å². The van der Waals surface area contributed by atoms with Crippen molar-refractivity contribution in [1.29, 1.82) is 0 Å². The largest absolute Gasteiger partial charge is 0.494 e. The molecule has 0 spiro atoms. The van der Waals surface area contributed by atoms with Crippen LogP contribution in [0.15, 0.2) is 48.5 Å². The number of rotatable bonds is 6. The average molecular weight is 352 g/mol. The summed E-state index contributed by atoms with van der Waals surface area (Å²) in [6.45, 7) is 11.2. The fraction of sp³-hybridized carbons (Fsp3) is 0.455.